The van der Waals surface area contributed by atoms with Gasteiger partial charge in [0.1, 0.15) is 0 Å². The minimum atomic E-state index is 0.434. The van der Waals surface area contributed by atoms with Gasteiger partial charge in [0.2, 0.25) is 5.88 Å². The predicted molar refractivity (Wildman–Crippen MR) is 49.6 cm³/mol. The molecule has 0 saturated heterocycles. The quantitative estimate of drug-likeness (QED) is 0.673. The molecule has 0 radical (unpaired) electrons. The Labute approximate surface area is 77.5 Å². The summed E-state index contributed by atoms with van der Waals surface area (Å²) in [6.45, 7) is 2.77. The van der Waals surface area contributed by atoms with E-state index in [0.717, 1.165) is 12.1 Å². The molecular formula is C9H12ClNO. The predicted octanol–water partition coefficient (Wildman–Crippen LogP) is 2.61. The highest BCUT2D eigenvalue weighted by Crippen LogP contribution is 2.09. The summed E-state index contributed by atoms with van der Waals surface area (Å²) in [4.78, 5) is 4.17. The molecule has 0 aliphatic rings. The summed E-state index contributed by atoms with van der Waals surface area (Å²) in [7, 11) is 0. The van der Waals surface area contributed by atoms with Crippen LogP contribution in [0.5, 0.6) is 5.88 Å². The highest BCUT2D eigenvalue weighted by atomic mass is 35.5. The summed E-state index contributed by atoms with van der Waals surface area (Å²) in [5.74, 6) is 1.10. The Hall–Kier alpha value is -0.760. The molecule has 0 aliphatic heterocycles. The third kappa shape index (κ3) is 2.70. The Morgan fingerprint density at radius 3 is 3.00 bits per heavy atom. The van der Waals surface area contributed by atoms with Crippen LogP contribution in [0.4, 0.5) is 0 Å². The molecule has 66 valence electrons. The molecule has 0 atom stereocenters. The zero-order valence-electron chi connectivity index (χ0n) is 7.09. The molecule has 0 N–H and O–H groups in total. The van der Waals surface area contributed by atoms with Gasteiger partial charge < -0.3 is 4.74 Å². The molecule has 0 saturated carbocycles. The molecule has 12 heavy (non-hydrogen) atoms. The van der Waals surface area contributed by atoms with Crippen LogP contribution in [0.15, 0.2) is 18.2 Å². The molecule has 0 fully saturated rings. The number of pyridine rings is 1. The van der Waals surface area contributed by atoms with Crippen molar-refractivity contribution in [3.8, 4) is 5.88 Å². The second-order valence-electron chi connectivity index (χ2n) is 2.45. The topological polar surface area (TPSA) is 22.1 Å². The number of nitrogens with zero attached hydrogens (tertiary/aromatic N) is 1. The first-order valence-electron chi connectivity index (χ1n) is 4.01. The van der Waals surface area contributed by atoms with Crippen molar-refractivity contribution in [1.82, 2.24) is 4.98 Å². The second-order valence-corrected chi connectivity index (χ2v) is 2.72. The summed E-state index contributed by atoms with van der Waals surface area (Å²) in [5, 5.41) is 0. The Bertz CT molecular complexity index is 240. The Balaban J connectivity index is 2.60. The average molecular weight is 186 g/mol. The number of aromatic nitrogens is 1. The molecule has 1 heterocycles. The Morgan fingerprint density at radius 1 is 1.50 bits per heavy atom. The highest BCUT2D eigenvalue weighted by molar-refractivity contribution is 6.16. The van der Waals surface area contributed by atoms with Gasteiger partial charge in [-0.3, -0.25) is 0 Å². The van der Waals surface area contributed by atoms with Crippen molar-refractivity contribution in [2.75, 3.05) is 6.61 Å². The van der Waals surface area contributed by atoms with Crippen LogP contribution in [0.25, 0.3) is 0 Å². The van der Waals surface area contributed by atoms with Gasteiger partial charge in [0.25, 0.3) is 0 Å². The van der Waals surface area contributed by atoms with E-state index in [2.05, 4.69) is 11.9 Å². The molecule has 1 aromatic heterocycles. The number of halogens is 1. The number of hydrogen-bond donors (Lipinski definition) is 0. The highest BCUT2D eigenvalue weighted by Gasteiger charge is 1.95. The summed E-state index contributed by atoms with van der Waals surface area (Å²) in [5.41, 5.74) is 0.852. The normalized spacial score (nSPS) is 9.83. The monoisotopic (exact) mass is 185 g/mol. The number of ether oxygens (including phenoxy) is 1. The zero-order chi connectivity index (χ0) is 8.81. The maximum Gasteiger partial charge on any atom is 0.213 e. The molecule has 0 aliphatic carbocycles. The van der Waals surface area contributed by atoms with Gasteiger partial charge in [-0.2, -0.15) is 0 Å². The van der Waals surface area contributed by atoms with Crippen molar-refractivity contribution in [3.05, 3.63) is 23.9 Å². The smallest absolute Gasteiger partial charge is 0.213 e. The Morgan fingerprint density at radius 2 is 2.33 bits per heavy atom. The fourth-order valence-electron chi connectivity index (χ4n) is 0.819. The third-order valence-electron chi connectivity index (χ3n) is 1.37. The molecule has 1 rings (SSSR count). The van der Waals surface area contributed by atoms with E-state index in [1.165, 1.54) is 0 Å². The molecule has 2 nitrogen and oxygen atoms in total. The maximum atomic E-state index is 5.61. The Kier molecular flexibility index (Phi) is 3.88. The van der Waals surface area contributed by atoms with E-state index >= 15 is 0 Å². The van der Waals surface area contributed by atoms with E-state index < -0.39 is 0 Å². The number of hydrogen-bond acceptors (Lipinski definition) is 2. The van der Waals surface area contributed by atoms with Crippen molar-refractivity contribution in [2.45, 2.75) is 19.2 Å². The zero-order valence-corrected chi connectivity index (χ0v) is 7.84. The minimum Gasteiger partial charge on any atom is -0.478 e. The second kappa shape index (κ2) is 4.99. The first-order chi connectivity index (χ1) is 5.86. The third-order valence-corrected chi connectivity index (χ3v) is 1.65. The van der Waals surface area contributed by atoms with Crippen molar-refractivity contribution in [3.63, 3.8) is 0 Å². The largest absolute Gasteiger partial charge is 0.478 e. The molecule has 0 aromatic carbocycles. The lowest BCUT2D eigenvalue weighted by atomic mass is 10.4. The van der Waals surface area contributed by atoms with Crippen molar-refractivity contribution < 1.29 is 4.74 Å². The van der Waals surface area contributed by atoms with Gasteiger partial charge in [0, 0.05) is 6.07 Å². The standard InChI is InChI=1S/C9H12ClNO/c1-2-6-12-9-5-3-4-8(7-10)11-9/h3-5H,2,6-7H2,1H3. The van der Waals surface area contributed by atoms with Crippen LogP contribution < -0.4 is 4.74 Å². The fraction of sp³-hybridized carbons (Fsp3) is 0.444. The molecule has 3 heteroatoms. The van der Waals surface area contributed by atoms with Crippen molar-refractivity contribution in [2.24, 2.45) is 0 Å². The molecule has 1 aromatic rings. The van der Waals surface area contributed by atoms with Crippen LogP contribution in [0.2, 0.25) is 0 Å². The fourth-order valence-corrected chi connectivity index (χ4v) is 0.968. The lowest BCUT2D eigenvalue weighted by molar-refractivity contribution is 0.304. The van der Waals surface area contributed by atoms with E-state index in [9.17, 15) is 0 Å². The molecule has 0 unspecified atom stereocenters. The number of alkyl halides is 1. The molecular weight excluding hydrogens is 174 g/mol. The first kappa shape index (κ1) is 9.33. The van der Waals surface area contributed by atoms with Gasteiger partial charge in [-0.1, -0.05) is 13.0 Å². The summed E-state index contributed by atoms with van der Waals surface area (Å²) in [6.07, 6.45) is 0.993. The van der Waals surface area contributed by atoms with Crippen LogP contribution in [0.1, 0.15) is 19.0 Å². The van der Waals surface area contributed by atoms with E-state index in [-0.39, 0.29) is 0 Å². The summed E-state index contributed by atoms with van der Waals surface area (Å²) >= 11 is 5.61. The lowest BCUT2D eigenvalue weighted by Gasteiger charge is -2.03. The SMILES string of the molecule is CCCOc1cccc(CCl)n1. The molecule has 0 amide bonds. The first-order valence-corrected chi connectivity index (χ1v) is 4.55. The van der Waals surface area contributed by atoms with Crippen LogP contribution in [0.3, 0.4) is 0 Å². The van der Waals surface area contributed by atoms with Crippen molar-refractivity contribution in [1.29, 1.82) is 0 Å². The maximum absolute atomic E-state index is 5.61. The molecule has 0 spiro atoms. The average Bonchev–Trinajstić information content (AvgIpc) is 2.15. The van der Waals surface area contributed by atoms with E-state index in [1.54, 1.807) is 0 Å². The van der Waals surface area contributed by atoms with Crippen LogP contribution in [-0.4, -0.2) is 11.6 Å². The van der Waals surface area contributed by atoms with Crippen LogP contribution >= 0.6 is 11.6 Å². The van der Waals surface area contributed by atoms with Gasteiger partial charge in [-0.05, 0) is 12.5 Å². The van der Waals surface area contributed by atoms with Crippen molar-refractivity contribution >= 4 is 11.6 Å². The lowest BCUT2D eigenvalue weighted by Crippen LogP contribution is -1.98. The summed E-state index contributed by atoms with van der Waals surface area (Å²) < 4.78 is 5.33. The number of rotatable bonds is 4. The van der Waals surface area contributed by atoms with Gasteiger partial charge in [-0.15, -0.1) is 11.6 Å². The summed E-state index contributed by atoms with van der Waals surface area (Å²) in [6, 6.07) is 5.62. The van der Waals surface area contributed by atoms with Gasteiger partial charge in [0.15, 0.2) is 0 Å². The van der Waals surface area contributed by atoms with E-state index in [0.29, 0.717) is 18.4 Å². The van der Waals surface area contributed by atoms with E-state index in [4.69, 9.17) is 16.3 Å². The van der Waals surface area contributed by atoms with E-state index in [1.807, 2.05) is 18.2 Å². The minimum absolute atomic E-state index is 0.434. The molecule has 0 bridgehead atoms. The van der Waals surface area contributed by atoms with Gasteiger partial charge in [-0.25, -0.2) is 4.98 Å². The van der Waals surface area contributed by atoms with Gasteiger partial charge >= 0.3 is 0 Å². The van der Waals surface area contributed by atoms with Gasteiger partial charge in [0.05, 0.1) is 18.2 Å². The van der Waals surface area contributed by atoms with Crippen LogP contribution in [0, 0.1) is 0 Å². The van der Waals surface area contributed by atoms with Crippen LogP contribution in [-0.2, 0) is 5.88 Å².